The lowest BCUT2D eigenvalue weighted by Crippen LogP contribution is -2.52. The normalized spacial score (nSPS) is 22.9. The second-order valence-corrected chi connectivity index (χ2v) is 20.2. The Labute approximate surface area is 403 Å². The molecular formula is C53H64FN11O4. The van der Waals surface area contributed by atoms with E-state index in [-0.39, 0.29) is 47.3 Å². The molecule has 3 amide bonds. The summed E-state index contributed by atoms with van der Waals surface area (Å²) in [5, 5.41) is 28.3. The number of halogens is 1. The van der Waals surface area contributed by atoms with Gasteiger partial charge in [0.25, 0.3) is 0 Å². The van der Waals surface area contributed by atoms with E-state index in [9.17, 15) is 19.6 Å². The third-order valence-electron chi connectivity index (χ3n) is 16.1. The number of nitrogens with one attached hydrogen (secondary N) is 3. The van der Waals surface area contributed by atoms with Crippen molar-refractivity contribution in [2.75, 3.05) is 56.2 Å². The van der Waals surface area contributed by atoms with Gasteiger partial charge in [-0.3, -0.25) is 24.4 Å². The molecule has 5 aromatic rings. The minimum Gasteiger partial charge on any atom is -0.381 e. The summed E-state index contributed by atoms with van der Waals surface area (Å²) in [6.07, 6.45) is 21.8. The average molecular weight is 938 g/mol. The number of ether oxygens (including phenoxy) is 1. The van der Waals surface area contributed by atoms with Gasteiger partial charge in [-0.25, -0.2) is 13.9 Å². The van der Waals surface area contributed by atoms with E-state index in [1.807, 2.05) is 30.7 Å². The molecule has 10 rings (SSSR count). The Kier molecular flexibility index (Phi) is 13.8. The van der Waals surface area contributed by atoms with Crippen molar-refractivity contribution >= 4 is 34.7 Å². The van der Waals surface area contributed by atoms with Crippen molar-refractivity contribution in [3.05, 3.63) is 84.3 Å². The van der Waals surface area contributed by atoms with Crippen LogP contribution in [0.4, 0.5) is 15.9 Å². The molecule has 1 atom stereocenters. The molecule has 1 saturated carbocycles. The molecule has 15 nitrogen and oxygen atoms in total. The standard InChI is InChI=1S/C53H64FN11O4/c1-2-53(52(68)60-41-16-25-69-26-17-41)18-23-63(24-19-53)48-11-5-37(30-56-48)45-27-38(33-65-50(45)39(29-55)31-58-65)40-32-57-64(34-40)43-7-3-35(4-8-43)13-20-62-21-14-36(15-22-62)44-9-6-42(28-46(44)54)59-47-10-12-49(66)61-51(47)67/h5-6,9,11,27-28,30-36,41,43,47,59H,2-4,7-8,10,12-26H2,1H3,(H,60,68)(H,61,66,67)/t35-,43-,47?. The van der Waals surface area contributed by atoms with E-state index >= 15 is 4.39 Å². The Bertz CT molecular complexity index is 2680. The van der Waals surface area contributed by atoms with Crippen LogP contribution in [-0.4, -0.2) is 105 Å². The van der Waals surface area contributed by atoms with Crippen LogP contribution in [0.15, 0.2) is 67.4 Å². The summed E-state index contributed by atoms with van der Waals surface area (Å²) in [6, 6.07) is 13.8. The summed E-state index contributed by atoms with van der Waals surface area (Å²) < 4.78 is 24.8. The maximum absolute atomic E-state index is 15.3. The minimum absolute atomic E-state index is 0.172. The number of anilines is 2. The van der Waals surface area contributed by atoms with E-state index in [2.05, 4.69) is 72.9 Å². The number of likely N-dealkylation sites (tertiary alicyclic amines) is 1. The number of carbonyl (C=O) groups excluding carboxylic acids is 3. The highest BCUT2D eigenvalue weighted by atomic mass is 19.1. The number of fused-ring (bicyclic) bond motifs is 1. The quantitative estimate of drug-likeness (QED) is 0.0984. The molecule has 0 radical (unpaired) electrons. The third-order valence-corrected chi connectivity index (χ3v) is 16.1. The number of hydrogen-bond acceptors (Lipinski definition) is 11. The second kappa shape index (κ2) is 20.4. The average Bonchev–Trinajstić information content (AvgIpc) is 4.06. The first-order valence-electron chi connectivity index (χ1n) is 25.3. The van der Waals surface area contributed by atoms with Crippen molar-refractivity contribution in [1.82, 2.24) is 39.9 Å². The number of nitrogens with zero attached hydrogens (tertiary/aromatic N) is 8. The van der Waals surface area contributed by atoms with Crippen LogP contribution in [0.5, 0.6) is 0 Å². The lowest BCUT2D eigenvalue weighted by atomic mass is 9.75. The molecule has 4 saturated heterocycles. The highest BCUT2D eigenvalue weighted by Crippen LogP contribution is 2.40. The van der Waals surface area contributed by atoms with Crippen molar-refractivity contribution in [2.45, 2.75) is 121 Å². The van der Waals surface area contributed by atoms with Gasteiger partial charge in [0.1, 0.15) is 23.7 Å². The van der Waals surface area contributed by atoms with E-state index in [0.717, 1.165) is 149 Å². The topological polar surface area (TPSA) is 175 Å². The molecule has 16 heteroatoms. The zero-order chi connectivity index (χ0) is 47.5. The lowest BCUT2D eigenvalue weighted by molar-refractivity contribution is -0.134. The van der Waals surface area contributed by atoms with Crippen LogP contribution >= 0.6 is 0 Å². The van der Waals surface area contributed by atoms with Crippen molar-refractivity contribution < 1.29 is 23.5 Å². The Balaban J connectivity index is 0.718. The summed E-state index contributed by atoms with van der Waals surface area (Å²) >= 11 is 0. The monoisotopic (exact) mass is 938 g/mol. The number of rotatable bonds is 13. The fraction of sp³-hybridized carbons (Fsp3) is 0.528. The summed E-state index contributed by atoms with van der Waals surface area (Å²) in [7, 11) is 0. The van der Waals surface area contributed by atoms with Gasteiger partial charge in [0.15, 0.2) is 0 Å². The number of amides is 3. The van der Waals surface area contributed by atoms with Gasteiger partial charge in [0.2, 0.25) is 17.7 Å². The number of nitriles is 1. The first-order valence-corrected chi connectivity index (χ1v) is 25.3. The number of piperidine rings is 3. The SMILES string of the molecule is CCC1(C(=O)NC2CCOCC2)CCN(c2ccc(-c3cc(-c4cnn([C@H]5CC[C@H](CCN6CCC(c7ccc(NC8CCC(=O)NC8=O)cc7F)CC6)CC5)c4)cn4ncc(C#N)c34)cn2)CC1. The maximum Gasteiger partial charge on any atom is 0.249 e. The van der Waals surface area contributed by atoms with Crippen LogP contribution < -0.4 is 20.9 Å². The van der Waals surface area contributed by atoms with E-state index in [1.54, 1.807) is 10.7 Å². The molecular weight excluding hydrogens is 874 g/mol. The number of benzene rings is 1. The first-order chi connectivity index (χ1) is 33.6. The molecule has 5 aliphatic rings. The molecule has 5 fully saturated rings. The Morgan fingerprint density at radius 1 is 0.899 bits per heavy atom. The van der Waals surface area contributed by atoms with Gasteiger partial charge in [-0.05, 0) is 151 Å². The fourth-order valence-electron chi connectivity index (χ4n) is 11.6. The highest BCUT2D eigenvalue weighted by Gasteiger charge is 2.41. The molecule has 362 valence electrons. The van der Waals surface area contributed by atoms with Crippen LogP contribution in [0.2, 0.25) is 0 Å². The van der Waals surface area contributed by atoms with Gasteiger partial charge in [-0.15, -0.1) is 0 Å². The van der Waals surface area contributed by atoms with Crippen molar-refractivity contribution in [3.8, 4) is 28.3 Å². The molecule has 1 aliphatic carbocycles. The van der Waals surface area contributed by atoms with Crippen molar-refractivity contribution in [2.24, 2.45) is 11.3 Å². The van der Waals surface area contributed by atoms with Crippen molar-refractivity contribution in [3.63, 3.8) is 0 Å². The summed E-state index contributed by atoms with van der Waals surface area (Å²) in [5.41, 5.74) is 5.92. The number of imide groups is 1. The largest absolute Gasteiger partial charge is 0.381 e. The third kappa shape index (κ3) is 10.1. The maximum atomic E-state index is 15.3. The summed E-state index contributed by atoms with van der Waals surface area (Å²) in [5.74, 6) is 1.03. The Morgan fingerprint density at radius 2 is 1.70 bits per heavy atom. The predicted octanol–water partition coefficient (Wildman–Crippen LogP) is 7.78. The molecule has 1 unspecified atom stereocenters. The Morgan fingerprint density at radius 3 is 2.41 bits per heavy atom. The minimum atomic E-state index is -0.537. The molecule has 69 heavy (non-hydrogen) atoms. The predicted molar refractivity (Wildman–Crippen MR) is 261 cm³/mol. The zero-order valence-corrected chi connectivity index (χ0v) is 39.7. The number of pyridine rings is 2. The van der Waals surface area contributed by atoms with Crippen molar-refractivity contribution in [1.29, 1.82) is 5.26 Å². The molecule has 4 aromatic heterocycles. The van der Waals surface area contributed by atoms with Gasteiger partial charge in [-0.2, -0.15) is 15.5 Å². The molecule has 1 aromatic carbocycles. The number of hydrogen-bond donors (Lipinski definition) is 3. The number of aromatic nitrogens is 5. The van der Waals surface area contributed by atoms with Gasteiger partial charge in [0.05, 0.1) is 34.9 Å². The molecule has 0 spiro atoms. The van der Waals surface area contributed by atoms with E-state index in [1.165, 1.54) is 6.07 Å². The molecule has 8 heterocycles. The Hall–Kier alpha value is -6.18. The van der Waals surface area contributed by atoms with Crippen LogP contribution in [-0.2, 0) is 19.1 Å². The lowest BCUT2D eigenvalue weighted by Gasteiger charge is -2.41. The number of carbonyl (C=O) groups is 3. The molecule has 0 bridgehead atoms. The molecule has 4 aliphatic heterocycles. The van der Waals surface area contributed by atoms with Gasteiger partial charge in [-0.1, -0.05) is 13.0 Å². The smallest absolute Gasteiger partial charge is 0.249 e. The van der Waals surface area contributed by atoms with E-state index in [4.69, 9.17) is 14.8 Å². The second-order valence-electron chi connectivity index (χ2n) is 20.2. The van der Waals surface area contributed by atoms with E-state index < -0.39 is 6.04 Å². The van der Waals surface area contributed by atoms with Crippen LogP contribution in [0, 0.1) is 28.5 Å². The van der Waals surface area contributed by atoms with Crippen LogP contribution in [0.3, 0.4) is 0 Å². The first kappa shape index (κ1) is 46.5. The van der Waals surface area contributed by atoms with Crippen LogP contribution in [0.25, 0.3) is 27.8 Å². The summed E-state index contributed by atoms with van der Waals surface area (Å²) in [6.45, 7) is 8.02. The van der Waals surface area contributed by atoms with E-state index in [0.29, 0.717) is 42.8 Å². The summed E-state index contributed by atoms with van der Waals surface area (Å²) in [4.78, 5) is 47.0. The van der Waals surface area contributed by atoms with Gasteiger partial charge < -0.3 is 25.2 Å². The zero-order valence-electron chi connectivity index (χ0n) is 39.7. The molecule has 3 N–H and O–H groups in total. The van der Waals surface area contributed by atoms with Crippen LogP contribution in [0.1, 0.15) is 120 Å². The highest BCUT2D eigenvalue weighted by molar-refractivity contribution is 6.01. The fourth-order valence-corrected chi connectivity index (χ4v) is 11.6. The van der Waals surface area contributed by atoms with Gasteiger partial charge in [0, 0.05) is 85.3 Å². The van der Waals surface area contributed by atoms with Gasteiger partial charge >= 0.3 is 0 Å².